The monoisotopic (exact) mass is 390 g/mol. The number of halogens is 2. The van der Waals surface area contributed by atoms with Gasteiger partial charge in [0.25, 0.3) is 0 Å². The van der Waals surface area contributed by atoms with Crippen LogP contribution in [0.5, 0.6) is 0 Å². The largest absolute Gasteiger partial charge is 0.385 e. The van der Waals surface area contributed by atoms with Gasteiger partial charge in [-0.15, -0.1) is 0 Å². The predicted octanol–water partition coefficient (Wildman–Crippen LogP) is 1.93. The van der Waals surface area contributed by atoms with Gasteiger partial charge in [-0.1, -0.05) is 23.2 Å². The minimum absolute atomic E-state index is 0.506. The SMILES string of the molecule is CN=C(NCCNc1ncc(Cl)cc1Cl)NCCN(C)CCCOC. The molecule has 0 amide bonds. The number of hydrogen-bond donors (Lipinski definition) is 3. The van der Waals surface area contributed by atoms with Crippen LogP contribution in [0.4, 0.5) is 5.82 Å². The molecule has 1 aromatic heterocycles. The zero-order chi connectivity index (χ0) is 18.5. The average Bonchev–Trinajstić information content (AvgIpc) is 2.58. The molecular formula is C16H28Cl2N6O. The fourth-order valence-electron chi connectivity index (χ4n) is 2.08. The number of aliphatic imine (C=N–C) groups is 1. The lowest BCUT2D eigenvalue weighted by Crippen LogP contribution is -2.42. The Bertz CT molecular complexity index is 529. The van der Waals surface area contributed by atoms with Crippen molar-refractivity contribution in [1.82, 2.24) is 20.5 Å². The lowest BCUT2D eigenvalue weighted by Gasteiger charge is -2.18. The molecule has 3 N–H and O–H groups in total. The van der Waals surface area contributed by atoms with Crippen LogP contribution in [0.25, 0.3) is 0 Å². The van der Waals surface area contributed by atoms with Gasteiger partial charge in [0.05, 0.1) is 10.0 Å². The molecule has 25 heavy (non-hydrogen) atoms. The van der Waals surface area contributed by atoms with Crippen LogP contribution in [0, 0.1) is 0 Å². The van der Waals surface area contributed by atoms with E-state index in [4.69, 9.17) is 27.9 Å². The summed E-state index contributed by atoms with van der Waals surface area (Å²) < 4.78 is 5.06. The highest BCUT2D eigenvalue weighted by Gasteiger charge is 2.03. The minimum Gasteiger partial charge on any atom is -0.385 e. The standard InChI is InChI=1S/C16H28Cl2N6O/c1-19-16(22-7-9-24(2)8-4-10-25-3)21-6-5-20-15-14(18)11-13(17)12-23-15/h11-12H,4-10H2,1-3H3,(H,20,23)(H2,19,21,22). The van der Waals surface area contributed by atoms with Gasteiger partial charge in [0, 0.05) is 59.7 Å². The summed E-state index contributed by atoms with van der Waals surface area (Å²) in [5.41, 5.74) is 0. The maximum Gasteiger partial charge on any atom is 0.191 e. The molecule has 0 unspecified atom stereocenters. The van der Waals surface area contributed by atoms with Gasteiger partial charge < -0.3 is 25.6 Å². The molecule has 9 heteroatoms. The number of anilines is 1. The van der Waals surface area contributed by atoms with Gasteiger partial charge >= 0.3 is 0 Å². The van der Waals surface area contributed by atoms with E-state index in [1.807, 2.05) is 0 Å². The van der Waals surface area contributed by atoms with Gasteiger partial charge in [-0.25, -0.2) is 4.98 Å². The summed E-state index contributed by atoms with van der Waals surface area (Å²) in [5, 5.41) is 10.7. The predicted molar refractivity (Wildman–Crippen MR) is 106 cm³/mol. The molecule has 1 heterocycles. The van der Waals surface area contributed by atoms with Crippen molar-refractivity contribution < 1.29 is 4.74 Å². The Balaban J connectivity index is 2.17. The van der Waals surface area contributed by atoms with E-state index in [0.29, 0.717) is 29.0 Å². The van der Waals surface area contributed by atoms with Gasteiger partial charge in [0.2, 0.25) is 0 Å². The highest BCUT2D eigenvalue weighted by atomic mass is 35.5. The number of aromatic nitrogens is 1. The molecule has 0 saturated heterocycles. The Morgan fingerprint density at radius 2 is 2.00 bits per heavy atom. The Kier molecular flexibility index (Phi) is 11.3. The van der Waals surface area contributed by atoms with Gasteiger partial charge in [-0.3, -0.25) is 4.99 Å². The number of rotatable bonds is 11. The second-order valence-corrected chi connectivity index (χ2v) is 6.33. The quantitative estimate of drug-likeness (QED) is 0.304. The molecule has 1 aromatic rings. The Hall–Kier alpha value is -1.28. The molecule has 7 nitrogen and oxygen atoms in total. The van der Waals surface area contributed by atoms with Crippen LogP contribution < -0.4 is 16.0 Å². The zero-order valence-corrected chi connectivity index (χ0v) is 16.6. The number of methoxy groups -OCH3 is 1. The van der Waals surface area contributed by atoms with Crippen molar-refractivity contribution in [1.29, 1.82) is 0 Å². The Morgan fingerprint density at radius 3 is 2.68 bits per heavy atom. The number of ether oxygens (including phenoxy) is 1. The number of pyridine rings is 1. The molecule has 0 fully saturated rings. The van der Waals surface area contributed by atoms with E-state index in [2.05, 4.69) is 37.9 Å². The first-order chi connectivity index (χ1) is 12.1. The second-order valence-electron chi connectivity index (χ2n) is 5.49. The fraction of sp³-hybridized carbons (Fsp3) is 0.625. The number of hydrogen-bond acceptors (Lipinski definition) is 5. The molecule has 0 spiro atoms. The fourth-order valence-corrected chi connectivity index (χ4v) is 2.53. The molecule has 0 atom stereocenters. The van der Waals surface area contributed by atoms with Gasteiger partial charge in [0.15, 0.2) is 5.96 Å². The number of nitrogens with one attached hydrogen (secondary N) is 3. The molecule has 0 aliphatic heterocycles. The number of guanidine groups is 1. The Labute approximate surface area is 160 Å². The molecule has 0 aliphatic carbocycles. The first-order valence-corrected chi connectivity index (χ1v) is 8.99. The smallest absolute Gasteiger partial charge is 0.191 e. The average molecular weight is 391 g/mol. The van der Waals surface area contributed by atoms with Crippen molar-refractivity contribution in [3.63, 3.8) is 0 Å². The molecule has 0 aliphatic rings. The normalized spacial score (nSPS) is 11.7. The van der Waals surface area contributed by atoms with Crippen LogP contribution in [0.2, 0.25) is 10.0 Å². The maximum absolute atomic E-state index is 6.06. The summed E-state index contributed by atoms with van der Waals surface area (Å²) in [6, 6.07) is 1.66. The first kappa shape index (κ1) is 21.8. The van der Waals surface area contributed by atoms with Crippen molar-refractivity contribution in [3.05, 3.63) is 22.3 Å². The van der Waals surface area contributed by atoms with Crippen molar-refractivity contribution in [2.24, 2.45) is 4.99 Å². The van der Waals surface area contributed by atoms with E-state index in [9.17, 15) is 0 Å². The van der Waals surface area contributed by atoms with Crippen molar-refractivity contribution in [2.75, 3.05) is 65.9 Å². The molecule has 0 aromatic carbocycles. The van der Waals surface area contributed by atoms with Crippen LogP contribution in [-0.2, 0) is 4.74 Å². The third-order valence-corrected chi connectivity index (χ3v) is 3.91. The molecule has 142 valence electrons. The lowest BCUT2D eigenvalue weighted by atomic mass is 10.4. The topological polar surface area (TPSA) is 73.8 Å². The minimum atomic E-state index is 0.506. The molecule has 0 radical (unpaired) electrons. The van der Waals surface area contributed by atoms with Crippen LogP contribution in [0.15, 0.2) is 17.3 Å². The van der Waals surface area contributed by atoms with Gasteiger partial charge in [-0.05, 0) is 19.5 Å². The van der Waals surface area contributed by atoms with E-state index in [-0.39, 0.29) is 0 Å². The van der Waals surface area contributed by atoms with E-state index in [1.54, 1.807) is 26.4 Å². The summed E-state index contributed by atoms with van der Waals surface area (Å²) in [4.78, 5) is 10.6. The van der Waals surface area contributed by atoms with E-state index in [0.717, 1.165) is 38.6 Å². The molecule has 0 saturated carbocycles. The number of nitrogens with zero attached hydrogens (tertiary/aromatic N) is 3. The maximum atomic E-state index is 6.06. The lowest BCUT2D eigenvalue weighted by molar-refractivity contribution is 0.180. The summed E-state index contributed by atoms with van der Waals surface area (Å²) in [5.74, 6) is 1.38. The van der Waals surface area contributed by atoms with Crippen molar-refractivity contribution >= 4 is 35.0 Å². The van der Waals surface area contributed by atoms with Crippen LogP contribution in [0.1, 0.15) is 6.42 Å². The molecule has 0 bridgehead atoms. The van der Waals surface area contributed by atoms with Crippen molar-refractivity contribution in [3.8, 4) is 0 Å². The highest BCUT2D eigenvalue weighted by Crippen LogP contribution is 2.21. The summed E-state index contributed by atoms with van der Waals surface area (Å²) in [6.07, 6.45) is 2.60. The summed E-state index contributed by atoms with van der Waals surface area (Å²) in [6.45, 7) is 4.91. The third-order valence-electron chi connectivity index (χ3n) is 3.42. The Morgan fingerprint density at radius 1 is 1.24 bits per heavy atom. The van der Waals surface area contributed by atoms with Crippen molar-refractivity contribution in [2.45, 2.75) is 6.42 Å². The zero-order valence-electron chi connectivity index (χ0n) is 15.1. The first-order valence-electron chi connectivity index (χ1n) is 8.23. The van der Waals surface area contributed by atoms with Gasteiger partial charge in [-0.2, -0.15) is 0 Å². The highest BCUT2D eigenvalue weighted by molar-refractivity contribution is 6.35. The van der Waals surface area contributed by atoms with Crippen LogP contribution >= 0.6 is 23.2 Å². The summed E-state index contributed by atoms with van der Waals surface area (Å²) >= 11 is 11.9. The van der Waals surface area contributed by atoms with E-state index >= 15 is 0 Å². The van der Waals surface area contributed by atoms with Gasteiger partial charge in [0.1, 0.15) is 5.82 Å². The number of likely N-dealkylation sites (N-methyl/N-ethyl adjacent to an activating group) is 1. The molecule has 1 rings (SSSR count). The second kappa shape index (κ2) is 13.0. The molecular weight excluding hydrogens is 363 g/mol. The van der Waals surface area contributed by atoms with E-state index < -0.39 is 0 Å². The van der Waals surface area contributed by atoms with Crippen LogP contribution in [0.3, 0.4) is 0 Å². The summed E-state index contributed by atoms with van der Waals surface area (Å²) in [7, 11) is 5.58. The third kappa shape index (κ3) is 9.69. The van der Waals surface area contributed by atoms with E-state index in [1.165, 1.54) is 0 Å². The van der Waals surface area contributed by atoms with Crippen LogP contribution in [-0.4, -0.2) is 76.4 Å².